The van der Waals surface area contributed by atoms with Crippen LogP contribution in [0.2, 0.25) is 0 Å². The fourth-order valence-corrected chi connectivity index (χ4v) is 4.28. The van der Waals surface area contributed by atoms with E-state index in [9.17, 15) is 4.79 Å². The van der Waals surface area contributed by atoms with Gasteiger partial charge in [0.15, 0.2) is 28.9 Å². The van der Waals surface area contributed by atoms with Crippen LogP contribution in [0.25, 0.3) is 27.9 Å². The number of morpholine rings is 1. The van der Waals surface area contributed by atoms with Gasteiger partial charge in [-0.25, -0.2) is 18.9 Å². The van der Waals surface area contributed by atoms with E-state index in [-0.39, 0.29) is 63.5 Å². The maximum atomic E-state index is 15.3. The van der Waals surface area contributed by atoms with Crippen molar-refractivity contribution in [3.63, 3.8) is 0 Å². The first kappa shape index (κ1) is 16.7. The Morgan fingerprint density at radius 1 is 1.36 bits per heavy atom. The molecular formula is C24H26FN9O2. The Balaban J connectivity index is 1.47. The van der Waals surface area contributed by atoms with Crippen molar-refractivity contribution >= 4 is 39.8 Å². The van der Waals surface area contributed by atoms with Gasteiger partial charge in [-0.05, 0) is 25.3 Å². The van der Waals surface area contributed by atoms with Gasteiger partial charge in [0.1, 0.15) is 5.52 Å². The van der Waals surface area contributed by atoms with Crippen LogP contribution in [0.4, 0.5) is 21.7 Å². The van der Waals surface area contributed by atoms with E-state index in [0.717, 1.165) is 10.9 Å². The molecule has 0 radical (unpaired) electrons. The molecule has 1 aliphatic heterocycles. The molecule has 2 N–H and O–H groups in total. The molecule has 0 spiro atoms. The molecule has 1 aliphatic carbocycles. The van der Waals surface area contributed by atoms with Crippen molar-refractivity contribution in [3.8, 4) is 11.4 Å². The van der Waals surface area contributed by atoms with Crippen LogP contribution in [0, 0.1) is 17.7 Å². The van der Waals surface area contributed by atoms with E-state index < -0.39 is 19.2 Å². The second-order valence-corrected chi connectivity index (χ2v) is 8.83. The Morgan fingerprint density at radius 3 is 2.97 bits per heavy atom. The lowest BCUT2D eigenvalue weighted by Crippen LogP contribution is -2.36. The third-order valence-corrected chi connectivity index (χ3v) is 6.41. The number of carbonyl (C=O) groups is 1. The number of amides is 1. The van der Waals surface area contributed by atoms with Gasteiger partial charge in [-0.3, -0.25) is 4.79 Å². The van der Waals surface area contributed by atoms with Gasteiger partial charge < -0.3 is 20.3 Å². The summed E-state index contributed by atoms with van der Waals surface area (Å²) >= 11 is 0. The van der Waals surface area contributed by atoms with Crippen LogP contribution >= 0.6 is 0 Å². The summed E-state index contributed by atoms with van der Waals surface area (Å²) in [6.07, 6.45) is 1.92. The van der Waals surface area contributed by atoms with Gasteiger partial charge in [-0.1, -0.05) is 6.92 Å². The highest BCUT2D eigenvalue weighted by atomic mass is 19.1. The Kier molecular flexibility index (Phi) is 4.14. The van der Waals surface area contributed by atoms with E-state index in [1.54, 1.807) is 0 Å². The van der Waals surface area contributed by atoms with Crippen LogP contribution in [0.5, 0.6) is 0 Å². The lowest BCUT2D eigenvalue weighted by molar-refractivity contribution is -0.117. The standard InChI is InChI=1S/C24H26FN9O2/c1-3-26-22-20-16(10-19(30-31-20)28-24(35)15-8-13(15)2)17(11-27-22)21-29-23-18(25)9-14(12-34(23)32-21)33-4-6-36-7-5-33/h9-13,15H,3-8H2,1-2H3,(H,26,27)(H,28,30,35)/t13-,15+/m1/s1/i1D3,3D2,12D. The predicted molar refractivity (Wildman–Crippen MR) is 132 cm³/mol. The van der Waals surface area contributed by atoms with Crippen molar-refractivity contribution in [2.45, 2.75) is 20.2 Å². The lowest BCUT2D eigenvalue weighted by Gasteiger charge is -2.28. The first-order chi connectivity index (χ1) is 19.8. The van der Waals surface area contributed by atoms with Crippen molar-refractivity contribution in [2.24, 2.45) is 11.8 Å². The molecule has 1 amide bonds. The third kappa shape index (κ3) is 4.06. The van der Waals surface area contributed by atoms with Gasteiger partial charge in [0, 0.05) is 55.6 Å². The van der Waals surface area contributed by atoms with E-state index in [2.05, 4.69) is 35.9 Å². The average Bonchev–Trinajstić information content (AvgIpc) is 3.50. The zero-order valence-electron chi connectivity index (χ0n) is 25.2. The maximum Gasteiger partial charge on any atom is 0.228 e. The summed E-state index contributed by atoms with van der Waals surface area (Å²) in [5.41, 5.74) is 0.321. The largest absolute Gasteiger partial charge is 0.378 e. The summed E-state index contributed by atoms with van der Waals surface area (Å²) in [7, 11) is 0. The molecule has 2 aliphatic rings. The Hall–Kier alpha value is -3.93. The topological polar surface area (TPSA) is 122 Å². The Morgan fingerprint density at radius 2 is 2.19 bits per heavy atom. The molecule has 186 valence electrons. The van der Waals surface area contributed by atoms with E-state index in [1.807, 2.05) is 11.8 Å². The summed E-state index contributed by atoms with van der Waals surface area (Å²) < 4.78 is 69.0. The second kappa shape index (κ2) is 8.94. The van der Waals surface area contributed by atoms with E-state index in [4.69, 9.17) is 13.0 Å². The van der Waals surface area contributed by atoms with Crippen molar-refractivity contribution in [1.29, 1.82) is 0 Å². The second-order valence-electron chi connectivity index (χ2n) is 8.83. The molecular weight excluding hydrogens is 465 g/mol. The number of ether oxygens (including phenoxy) is 1. The van der Waals surface area contributed by atoms with Gasteiger partial charge in [0.2, 0.25) is 5.91 Å². The van der Waals surface area contributed by atoms with E-state index in [1.165, 1.54) is 18.3 Å². The number of hydrogen-bond donors (Lipinski definition) is 2. The fourth-order valence-electron chi connectivity index (χ4n) is 4.28. The highest BCUT2D eigenvalue weighted by molar-refractivity contribution is 6.01. The van der Waals surface area contributed by atoms with Crippen molar-refractivity contribution in [2.75, 3.05) is 48.3 Å². The molecule has 5 heterocycles. The number of hydrogen-bond acceptors (Lipinski definition) is 9. The Labute approximate surface area is 214 Å². The van der Waals surface area contributed by atoms with Crippen molar-refractivity contribution in [3.05, 3.63) is 30.3 Å². The minimum atomic E-state index is -3.04. The molecule has 2 fully saturated rings. The Bertz CT molecular complexity index is 1710. The van der Waals surface area contributed by atoms with E-state index >= 15 is 4.39 Å². The van der Waals surface area contributed by atoms with Gasteiger partial charge >= 0.3 is 0 Å². The monoisotopic (exact) mass is 497 g/mol. The molecule has 6 rings (SSSR count). The van der Waals surface area contributed by atoms with Gasteiger partial charge in [0.05, 0.1) is 26.4 Å². The molecule has 4 aromatic rings. The summed E-state index contributed by atoms with van der Waals surface area (Å²) in [4.78, 5) is 22.9. The molecule has 11 nitrogen and oxygen atoms in total. The van der Waals surface area contributed by atoms with E-state index in [0.29, 0.717) is 32.0 Å². The number of rotatable bonds is 6. The number of anilines is 3. The molecule has 0 aromatic carbocycles. The first-order valence-electron chi connectivity index (χ1n) is 14.5. The predicted octanol–water partition coefficient (Wildman–Crippen LogP) is 2.74. The first-order valence-corrected chi connectivity index (χ1v) is 11.5. The minimum Gasteiger partial charge on any atom is -0.378 e. The number of halogens is 1. The number of fused-ring (bicyclic) bond motifs is 2. The maximum absolute atomic E-state index is 15.3. The molecule has 1 saturated carbocycles. The molecule has 36 heavy (non-hydrogen) atoms. The van der Waals surface area contributed by atoms with Crippen LogP contribution < -0.4 is 15.5 Å². The summed E-state index contributed by atoms with van der Waals surface area (Å²) in [6.45, 7) is -2.10. The van der Waals surface area contributed by atoms with Crippen LogP contribution in [0.15, 0.2) is 24.5 Å². The molecule has 12 heteroatoms. The fraction of sp³-hybridized carbons (Fsp3) is 0.417. The number of carbonyl (C=O) groups excluding carboxylic acids is 1. The van der Waals surface area contributed by atoms with Crippen LogP contribution in [-0.4, -0.2) is 68.5 Å². The molecule has 0 unspecified atom stereocenters. The number of nitrogens with one attached hydrogen (secondary N) is 2. The molecule has 2 atom stereocenters. The van der Waals surface area contributed by atoms with Gasteiger partial charge in [0.25, 0.3) is 0 Å². The summed E-state index contributed by atoms with van der Waals surface area (Å²) in [5.74, 6) is -0.982. The highest BCUT2D eigenvalue weighted by Gasteiger charge is 2.39. The highest BCUT2D eigenvalue weighted by Crippen LogP contribution is 2.38. The van der Waals surface area contributed by atoms with Gasteiger partial charge in [-0.15, -0.1) is 15.3 Å². The van der Waals surface area contributed by atoms with Crippen LogP contribution in [0.3, 0.4) is 0 Å². The zero-order chi connectivity index (χ0) is 30.0. The normalized spacial score (nSPS) is 22.8. The molecule has 4 aromatic heterocycles. The lowest BCUT2D eigenvalue weighted by atomic mass is 10.1. The zero-order valence-corrected chi connectivity index (χ0v) is 19.2. The summed E-state index contributed by atoms with van der Waals surface area (Å²) in [6, 6.07) is 2.70. The van der Waals surface area contributed by atoms with Gasteiger partial charge in [-0.2, -0.15) is 0 Å². The van der Waals surface area contributed by atoms with Crippen molar-refractivity contribution in [1.82, 2.24) is 29.8 Å². The summed E-state index contributed by atoms with van der Waals surface area (Å²) in [5, 5.41) is 17.8. The minimum absolute atomic E-state index is 0.0227. The SMILES string of the molecule is [2H]c1c(N2CCOCC2)cc(F)c2nc(-c3cnc(NC([2H])([2H])C([2H])([2H])[2H])c4nnc(NC(=O)[C@H]5C[C@H]5C)cc34)nn12. The van der Waals surface area contributed by atoms with Crippen molar-refractivity contribution < 1.29 is 22.1 Å². The van der Waals surface area contributed by atoms with Crippen LogP contribution in [0.1, 0.15) is 28.4 Å². The number of pyridine rings is 2. The quantitative estimate of drug-likeness (QED) is 0.414. The molecule has 1 saturated heterocycles. The molecule has 0 bridgehead atoms. The average molecular weight is 498 g/mol. The number of aromatic nitrogens is 6. The smallest absolute Gasteiger partial charge is 0.228 e. The van der Waals surface area contributed by atoms with Crippen LogP contribution in [-0.2, 0) is 9.53 Å². The number of nitrogens with zero attached hydrogens (tertiary/aromatic N) is 7. The third-order valence-electron chi connectivity index (χ3n) is 6.41.